The first-order chi connectivity index (χ1) is 11.1. The first kappa shape index (κ1) is 22.9. The van der Waals surface area contributed by atoms with E-state index in [0.29, 0.717) is 0 Å². The summed E-state index contributed by atoms with van der Waals surface area (Å²) in [7, 11) is 0. The summed E-state index contributed by atoms with van der Waals surface area (Å²) in [5.41, 5.74) is -1.52. The number of Topliss-reactive ketones (excluding diaryl/α,β-unsaturated/α-hetero) is 1. The molecule has 0 saturated heterocycles. The Bertz CT molecular complexity index is 484. The van der Waals surface area contributed by atoms with Gasteiger partial charge in [0.05, 0.1) is 12.3 Å². The predicted molar refractivity (Wildman–Crippen MR) is 90.0 cm³/mol. The Kier molecular flexibility index (Phi) is 8.08. The number of rotatable bonds is 7. The third-order valence-electron chi connectivity index (χ3n) is 2.80. The van der Waals surface area contributed by atoms with Crippen LogP contribution in [0.5, 0.6) is 0 Å². The summed E-state index contributed by atoms with van der Waals surface area (Å²) in [6.07, 6.45) is -1.59. The molecule has 8 heteroatoms. The highest BCUT2D eigenvalue weighted by atomic mass is 16.6. The van der Waals surface area contributed by atoms with Crippen LogP contribution in [0.2, 0.25) is 0 Å². The van der Waals surface area contributed by atoms with Gasteiger partial charge >= 0.3 is 18.0 Å². The molecule has 144 valence electrons. The van der Waals surface area contributed by atoms with Crippen molar-refractivity contribution in [3.05, 3.63) is 0 Å². The molecular formula is C17H29NO7. The van der Waals surface area contributed by atoms with Crippen molar-refractivity contribution in [1.82, 2.24) is 5.32 Å². The van der Waals surface area contributed by atoms with E-state index in [1.54, 1.807) is 41.5 Å². The molecule has 0 spiro atoms. The Morgan fingerprint density at radius 2 is 1.40 bits per heavy atom. The molecule has 25 heavy (non-hydrogen) atoms. The van der Waals surface area contributed by atoms with E-state index in [1.807, 2.05) is 0 Å². The number of alkyl carbamates (subject to hydrolysis) is 1. The molecule has 0 rings (SSSR count). The van der Waals surface area contributed by atoms with E-state index in [0.717, 1.165) is 0 Å². The molecule has 0 aliphatic carbocycles. The van der Waals surface area contributed by atoms with Gasteiger partial charge in [-0.3, -0.25) is 14.4 Å². The van der Waals surface area contributed by atoms with Gasteiger partial charge in [-0.15, -0.1) is 0 Å². The van der Waals surface area contributed by atoms with Crippen LogP contribution in [0.3, 0.4) is 0 Å². The molecule has 0 unspecified atom stereocenters. The molecule has 0 radical (unpaired) electrons. The topological polar surface area (TPSA) is 119 Å². The molecule has 0 heterocycles. The molecule has 0 aromatic rings. The van der Waals surface area contributed by atoms with Crippen LogP contribution in [0, 0.1) is 5.92 Å². The third-order valence-corrected chi connectivity index (χ3v) is 2.80. The summed E-state index contributed by atoms with van der Waals surface area (Å²) >= 11 is 0. The van der Waals surface area contributed by atoms with Crippen molar-refractivity contribution in [3.8, 4) is 0 Å². The molecule has 0 aliphatic heterocycles. The van der Waals surface area contributed by atoms with Crippen LogP contribution in [-0.4, -0.2) is 46.2 Å². The highest BCUT2D eigenvalue weighted by molar-refractivity contribution is 5.93. The quantitative estimate of drug-likeness (QED) is 0.669. The fraction of sp³-hybridized carbons (Fsp3) is 0.765. The molecule has 0 aromatic carbocycles. The molecule has 0 bridgehead atoms. The van der Waals surface area contributed by atoms with Crippen LogP contribution in [0.4, 0.5) is 4.79 Å². The third kappa shape index (κ3) is 11.1. The second-order valence-electron chi connectivity index (χ2n) is 7.90. The van der Waals surface area contributed by atoms with Gasteiger partial charge in [0.15, 0.2) is 5.78 Å². The lowest BCUT2D eigenvalue weighted by atomic mass is 9.98. The van der Waals surface area contributed by atoms with Gasteiger partial charge in [-0.25, -0.2) is 4.79 Å². The number of ketones is 1. The SMILES string of the molecule is C[C@@H](CC(=O)[C@@H](CC(=O)OC(C)(C)C)NC(=O)OC(C)(C)C)C(=O)O. The minimum absolute atomic E-state index is 0.321. The average Bonchev–Trinajstić information content (AvgIpc) is 2.32. The van der Waals surface area contributed by atoms with E-state index in [2.05, 4.69) is 5.32 Å². The summed E-state index contributed by atoms with van der Waals surface area (Å²) < 4.78 is 10.2. The van der Waals surface area contributed by atoms with Crippen molar-refractivity contribution in [3.63, 3.8) is 0 Å². The number of nitrogens with one attached hydrogen (secondary N) is 1. The van der Waals surface area contributed by atoms with Crippen molar-refractivity contribution in [2.24, 2.45) is 5.92 Å². The van der Waals surface area contributed by atoms with E-state index < -0.39 is 53.4 Å². The van der Waals surface area contributed by atoms with E-state index in [9.17, 15) is 19.2 Å². The van der Waals surface area contributed by atoms with Gasteiger partial charge in [0, 0.05) is 6.42 Å². The maximum absolute atomic E-state index is 12.3. The highest BCUT2D eigenvalue weighted by Gasteiger charge is 2.30. The Hall–Kier alpha value is -2.12. The molecule has 2 N–H and O–H groups in total. The first-order valence-electron chi connectivity index (χ1n) is 8.07. The van der Waals surface area contributed by atoms with Crippen LogP contribution in [0.15, 0.2) is 0 Å². The van der Waals surface area contributed by atoms with Crippen molar-refractivity contribution >= 4 is 23.8 Å². The van der Waals surface area contributed by atoms with Gasteiger partial charge in [0.1, 0.15) is 17.2 Å². The molecule has 2 atom stereocenters. The zero-order valence-corrected chi connectivity index (χ0v) is 16.0. The monoisotopic (exact) mass is 359 g/mol. The van der Waals surface area contributed by atoms with E-state index in [1.165, 1.54) is 6.92 Å². The van der Waals surface area contributed by atoms with Crippen LogP contribution >= 0.6 is 0 Å². The zero-order valence-electron chi connectivity index (χ0n) is 16.0. The molecule has 0 aromatic heterocycles. The predicted octanol–water partition coefficient (Wildman–Crippen LogP) is 2.29. The smallest absolute Gasteiger partial charge is 0.408 e. The maximum atomic E-state index is 12.3. The van der Waals surface area contributed by atoms with Gasteiger partial charge in [-0.1, -0.05) is 6.92 Å². The summed E-state index contributed by atoms with van der Waals surface area (Å²) in [6.45, 7) is 11.4. The van der Waals surface area contributed by atoms with Gasteiger partial charge in [0.25, 0.3) is 0 Å². The Morgan fingerprint density at radius 1 is 0.920 bits per heavy atom. The van der Waals surface area contributed by atoms with E-state index in [-0.39, 0.29) is 6.42 Å². The summed E-state index contributed by atoms with van der Waals surface area (Å²) in [6, 6.07) is -1.22. The number of carboxylic acid groups (broad SMARTS) is 1. The van der Waals surface area contributed by atoms with E-state index in [4.69, 9.17) is 14.6 Å². The lowest BCUT2D eigenvalue weighted by Crippen LogP contribution is -2.46. The Morgan fingerprint density at radius 3 is 1.80 bits per heavy atom. The largest absolute Gasteiger partial charge is 0.481 e. The van der Waals surface area contributed by atoms with Gasteiger partial charge in [-0.05, 0) is 41.5 Å². The number of carboxylic acids is 1. The number of ether oxygens (including phenoxy) is 2. The van der Waals surface area contributed by atoms with Crippen molar-refractivity contribution in [2.45, 2.75) is 78.6 Å². The number of esters is 1. The number of carbonyl (C=O) groups excluding carboxylic acids is 3. The van der Waals surface area contributed by atoms with Gasteiger partial charge < -0.3 is 19.9 Å². The standard InChI is InChI=1S/C17H29NO7/c1-10(14(21)22)8-12(19)11(9-13(20)24-16(2,3)4)18-15(23)25-17(5,6)7/h10-11H,8-9H2,1-7H3,(H,18,23)(H,21,22)/t10-,11+/m0/s1. The highest BCUT2D eigenvalue weighted by Crippen LogP contribution is 2.13. The summed E-state index contributed by atoms with van der Waals surface area (Å²) in [5, 5.41) is 11.3. The molecule has 8 nitrogen and oxygen atoms in total. The molecule has 0 saturated carbocycles. The minimum Gasteiger partial charge on any atom is -0.481 e. The maximum Gasteiger partial charge on any atom is 0.408 e. The van der Waals surface area contributed by atoms with Gasteiger partial charge in [0.2, 0.25) is 0 Å². The first-order valence-corrected chi connectivity index (χ1v) is 8.07. The normalized spacial score (nSPS) is 14.2. The van der Waals surface area contributed by atoms with Crippen molar-refractivity contribution < 1.29 is 33.8 Å². The van der Waals surface area contributed by atoms with Crippen LogP contribution in [0.25, 0.3) is 0 Å². The lowest BCUT2D eigenvalue weighted by Gasteiger charge is -2.24. The number of hydrogen-bond donors (Lipinski definition) is 2. The summed E-state index contributed by atoms with van der Waals surface area (Å²) in [4.78, 5) is 47.1. The Labute approximate surface area is 148 Å². The molecule has 0 fully saturated rings. The lowest BCUT2D eigenvalue weighted by molar-refractivity contribution is -0.156. The number of hydrogen-bond acceptors (Lipinski definition) is 6. The average molecular weight is 359 g/mol. The Balaban J connectivity index is 5.10. The van der Waals surface area contributed by atoms with E-state index >= 15 is 0 Å². The fourth-order valence-corrected chi connectivity index (χ4v) is 1.78. The van der Waals surface area contributed by atoms with Crippen molar-refractivity contribution in [1.29, 1.82) is 0 Å². The van der Waals surface area contributed by atoms with Gasteiger partial charge in [-0.2, -0.15) is 0 Å². The zero-order chi connectivity index (χ0) is 20.0. The number of amides is 1. The molecule has 1 amide bonds. The minimum atomic E-state index is -1.22. The van der Waals surface area contributed by atoms with Crippen LogP contribution < -0.4 is 5.32 Å². The van der Waals surface area contributed by atoms with Crippen LogP contribution in [0.1, 0.15) is 61.3 Å². The van der Waals surface area contributed by atoms with Crippen LogP contribution in [-0.2, 0) is 23.9 Å². The summed E-state index contributed by atoms with van der Waals surface area (Å²) in [5.74, 6) is -3.33. The molecule has 0 aliphatic rings. The second-order valence-corrected chi connectivity index (χ2v) is 7.90. The number of carbonyl (C=O) groups is 4. The number of aliphatic carboxylic acids is 1. The molecular weight excluding hydrogens is 330 g/mol. The second kappa shape index (κ2) is 8.82. The fourth-order valence-electron chi connectivity index (χ4n) is 1.78. The van der Waals surface area contributed by atoms with Crippen molar-refractivity contribution in [2.75, 3.05) is 0 Å².